The van der Waals surface area contributed by atoms with Crippen LogP contribution in [0.15, 0.2) is 12.3 Å². The second-order valence-electron chi connectivity index (χ2n) is 1.12. The zero-order valence-corrected chi connectivity index (χ0v) is 4.29. The number of nitrogens with one attached hydrogen (secondary N) is 1. The smallest absolute Gasteiger partial charge is 0.0608 e. The fourth-order valence-electron chi connectivity index (χ4n) is 0.365. The van der Waals surface area contributed by atoms with Crippen molar-refractivity contribution in [2.45, 2.75) is 0 Å². The maximum atomic E-state index is 3.07. The van der Waals surface area contributed by atoms with Crippen LogP contribution < -0.4 is 5.32 Å². The molecule has 1 aliphatic rings. The molecule has 0 spiro atoms. The summed E-state index contributed by atoms with van der Waals surface area (Å²) in [5.41, 5.74) is 0. The van der Waals surface area contributed by atoms with Crippen LogP contribution in [0, 0.1) is 0 Å². The fraction of sp³-hybridized carbons (Fsp3) is 0.500. The molecular weight excluding hydrogens is 94.1 g/mol. The Hall–Kier alpha value is -0.110. The van der Waals surface area contributed by atoms with Crippen molar-refractivity contribution in [3.63, 3.8) is 0 Å². The molecule has 0 aromatic carbocycles. The molecule has 0 saturated carbocycles. The minimum Gasteiger partial charge on any atom is -0.382 e. The molecule has 0 aromatic rings. The predicted octanol–water partition coefficient (Wildman–Crippen LogP) is 0.794. The molecule has 1 rings (SSSR count). The summed E-state index contributed by atoms with van der Waals surface area (Å²) in [5.74, 6) is 2.25. The van der Waals surface area contributed by atoms with E-state index in [1.165, 1.54) is 5.75 Å². The van der Waals surface area contributed by atoms with Crippen LogP contribution >= 0.6 is 11.8 Å². The maximum Gasteiger partial charge on any atom is 0.0608 e. The summed E-state index contributed by atoms with van der Waals surface area (Å²) in [7, 11) is 0. The molecule has 0 unspecified atom stereocenters. The molecule has 1 aliphatic heterocycles. The summed E-state index contributed by atoms with van der Waals surface area (Å²) in [6.45, 7) is 0. The van der Waals surface area contributed by atoms with E-state index in [9.17, 15) is 0 Å². The van der Waals surface area contributed by atoms with E-state index in [4.69, 9.17) is 0 Å². The predicted molar refractivity (Wildman–Crippen MR) is 29.6 cm³/mol. The minimum atomic E-state index is 1.08. The van der Waals surface area contributed by atoms with Crippen LogP contribution in [0.4, 0.5) is 0 Å². The topological polar surface area (TPSA) is 12.0 Å². The van der Waals surface area contributed by atoms with Gasteiger partial charge in [0.2, 0.25) is 0 Å². The Morgan fingerprint density at radius 2 is 2.67 bits per heavy atom. The average molecular weight is 101 g/mol. The molecule has 0 bridgehead atoms. The van der Waals surface area contributed by atoms with Crippen LogP contribution in [0.5, 0.6) is 0 Å². The lowest BCUT2D eigenvalue weighted by Crippen LogP contribution is -2.06. The van der Waals surface area contributed by atoms with Gasteiger partial charge in [0.1, 0.15) is 0 Å². The van der Waals surface area contributed by atoms with Crippen LogP contribution in [-0.4, -0.2) is 11.6 Å². The summed E-state index contributed by atoms with van der Waals surface area (Å²) in [4.78, 5) is 0. The highest BCUT2D eigenvalue weighted by Crippen LogP contribution is 1.99. The number of thioether (sulfide) groups is 1. The quantitative estimate of drug-likeness (QED) is 0.484. The largest absolute Gasteiger partial charge is 0.382 e. The van der Waals surface area contributed by atoms with E-state index in [0.717, 1.165) is 5.88 Å². The molecule has 0 radical (unpaired) electrons. The SMILES string of the molecule is C1=CNCSC1. The lowest BCUT2D eigenvalue weighted by Gasteiger charge is -2.01. The summed E-state index contributed by atoms with van der Waals surface area (Å²) in [6, 6.07) is 0. The van der Waals surface area contributed by atoms with Gasteiger partial charge in [-0.15, -0.1) is 11.8 Å². The molecule has 1 nitrogen and oxygen atoms in total. The maximum absolute atomic E-state index is 3.07. The molecule has 0 aliphatic carbocycles. The van der Waals surface area contributed by atoms with Gasteiger partial charge in [-0.2, -0.15) is 0 Å². The van der Waals surface area contributed by atoms with Gasteiger partial charge in [0.15, 0.2) is 0 Å². The second-order valence-corrected chi connectivity index (χ2v) is 2.15. The van der Waals surface area contributed by atoms with Gasteiger partial charge in [-0.1, -0.05) is 6.08 Å². The fourth-order valence-corrected chi connectivity index (χ4v) is 0.930. The van der Waals surface area contributed by atoms with Crippen molar-refractivity contribution in [2.24, 2.45) is 0 Å². The highest BCUT2D eigenvalue weighted by Gasteiger charge is 1.84. The zero-order valence-electron chi connectivity index (χ0n) is 3.48. The van der Waals surface area contributed by atoms with Crippen LogP contribution in [0.1, 0.15) is 0 Å². The van der Waals surface area contributed by atoms with Gasteiger partial charge in [-0.05, 0) is 6.20 Å². The molecule has 0 atom stereocenters. The van der Waals surface area contributed by atoms with Crippen LogP contribution in [0.25, 0.3) is 0 Å². The van der Waals surface area contributed by atoms with Crippen molar-refractivity contribution in [3.8, 4) is 0 Å². The second kappa shape index (κ2) is 2.13. The first-order chi connectivity index (χ1) is 3.00. The monoisotopic (exact) mass is 101 g/mol. The van der Waals surface area contributed by atoms with E-state index >= 15 is 0 Å². The number of rotatable bonds is 0. The molecule has 34 valence electrons. The average Bonchev–Trinajstić information content (AvgIpc) is 1.72. The van der Waals surface area contributed by atoms with E-state index in [2.05, 4.69) is 11.4 Å². The lowest BCUT2D eigenvalue weighted by atomic mass is 10.7. The highest BCUT2D eigenvalue weighted by molar-refractivity contribution is 7.99. The Labute approximate surface area is 41.8 Å². The highest BCUT2D eigenvalue weighted by atomic mass is 32.2. The van der Waals surface area contributed by atoms with Crippen molar-refractivity contribution < 1.29 is 0 Å². The molecule has 0 saturated heterocycles. The Bertz CT molecular complexity index is 52.6. The lowest BCUT2D eigenvalue weighted by molar-refractivity contribution is 1.04. The van der Waals surface area contributed by atoms with Crippen LogP contribution in [0.2, 0.25) is 0 Å². The zero-order chi connectivity index (χ0) is 4.24. The number of hydrogen-bond acceptors (Lipinski definition) is 2. The standard InChI is InChI=1S/C4H7NS/c1-2-5-4-6-3-1/h1-2,5H,3-4H2. The molecule has 0 fully saturated rings. The summed E-state index contributed by atoms with van der Waals surface area (Å²) < 4.78 is 0. The molecule has 0 amide bonds. The van der Waals surface area contributed by atoms with Gasteiger partial charge in [0.05, 0.1) is 5.88 Å². The first kappa shape index (κ1) is 4.06. The van der Waals surface area contributed by atoms with Crippen molar-refractivity contribution in [2.75, 3.05) is 11.6 Å². The molecule has 0 aromatic heterocycles. The Morgan fingerprint density at radius 3 is 2.83 bits per heavy atom. The van der Waals surface area contributed by atoms with Gasteiger partial charge in [-0.3, -0.25) is 0 Å². The van der Waals surface area contributed by atoms with Gasteiger partial charge in [-0.25, -0.2) is 0 Å². The third kappa shape index (κ3) is 0.937. The van der Waals surface area contributed by atoms with E-state index in [0.29, 0.717) is 0 Å². The Morgan fingerprint density at radius 1 is 1.67 bits per heavy atom. The molecule has 1 N–H and O–H groups in total. The van der Waals surface area contributed by atoms with Crippen LogP contribution in [-0.2, 0) is 0 Å². The summed E-state index contributed by atoms with van der Waals surface area (Å²) >= 11 is 1.90. The molecular formula is C4H7NS. The van der Waals surface area contributed by atoms with Crippen molar-refractivity contribution in [1.29, 1.82) is 0 Å². The van der Waals surface area contributed by atoms with Crippen molar-refractivity contribution >= 4 is 11.8 Å². The molecule has 6 heavy (non-hydrogen) atoms. The first-order valence-corrected chi connectivity index (χ1v) is 3.12. The minimum absolute atomic E-state index is 1.08. The first-order valence-electron chi connectivity index (χ1n) is 1.96. The number of hydrogen-bond donors (Lipinski definition) is 1. The molecule has 1 heterocycles. The Kier molecular flexibility index (Phi) is 1.44. The van der Waals surface area contributed by atoms with E-state index in [1.54, 1.807) is 0 Å². The Balaban J connectivity index is 2.26. The van der Waals surface area contributed by atoms with Crippen molar-refractivity contribution in [1.82, 2.24) is 5.32 Å². The van der Waals surface area contributed by atoms with Gasteiger partial charge >= 0.3 is 0 Å². The third-order valence-electron chi connectivity index (χ3n) is 0.635. The third-order valence-corrected chi connectivity index (χ3v) is 1.43. The molecule has 2 heteroatoms. The van der Waals surface area contributed by atoms with Gasteiger partial charge in [0, 0.05) is 5.75 Å². The van der Waals surface area contributed by atoms with E-state index in [1.807, 2.05) is 18.0 Å². The normalized spacial score (nSPS) is 20.0. The van der Waals surface area contributed by atoms with Gasteiger partial charge < -0.3 is 5.32 Å². The van der Waals surface area contributed by atoms with Crippen LogP contribution in [0.3, 0.4) is 0 Å². The van der Waals surface area contributed by atoms with E-state index < -0.39 is 0 Å². The van der Waals surface area contributed by atoms with Gasteiger partial charge in [0.25, 0.3) is 0 Å². The summed E-state index contributed by atoms with van der Waals surface area (Å²) in [5, 5.41) is 3.07. The van der Waals surface area contributed by atoms with Crippen molar-refractivity contribution in [3.05, 3.63) is 12.3 Å². The summed E-state index contributed by atoms with van der Waals surface area (Å²) in [6.07, 6.45) is 4.12. The van der Waals surface area contributed by atoms with E-state index in [-0.39, 0.29) is 0 Å².